The van der Waals surface area contributed by atoms with Crippen LogP contribution in [0.2, 0.25) is 0 Å². The number of phenolic OH excluding ortho intramolecular Hbond substituents is 1. The van der Waals surface area contributed by atoms with Crippen molar-refractivity contribution in [1.82, 2.24) is 14.5 Å². The van der Waals surface area contributed by atoms with E-state index >= 15 is 0 Å². The highest BCUT2D eigenvalue weighted by Gasteiger charge is 2.43. The molecule has 2 aromatic rings. The molecule has 1 N–H and O–H groups in total. The molecule has 1 aromatic carbocycles. The summed E-state index contributed by atoms with van der Waals surface area (Å²) in [5, 5.41) is 10.3. The minimum absolute atomic E-state index is 0.0263. The molecule has 6 nitrogen and oxygen atoms in total. The lowest BCUT2D eigenvalue weighted by Gasteiger charge is -2.40. The molecular formula is C20H25N3O3. The Kier molecular flexibility index (Phi) is 3.75. The maximum absolute atomic E-state index is 13.3. The first kappa shape index (κ1) is 16.9. The zero-order valence-electron chi connectivity index (χ0n) is 15.8. The number of hydrogen-bond acceptors (Lipinski definition) is 4. The monoisotopic (exact) mass is 355 g/mol. The number of rotatable bonds is 1. The molecule has 0 fully saturated rings. The van der Waals surface area contributed by atoms with E-state index in [-0.39, 0.29) is 5.91 Å². The van der Waals surface area contributed by atoms with E-state index in [0.29, 0.717) is 25.3 Å². The molecule has 2 aliphatic rings. The van der Waals surface area contributed by atoms with Crippen LogP contribution in [0.3, 0.4) is 0 Å². The Balaban J connectivity index is 1.64. The number of carbonyl (C=O) groups is 1. The average Bonchev–Trinajstić information content (AvgIpc) is 3.11. The minimum Gasteiger partial charge on any atom is -0.507 e. The van der Waals surface area contributed by atoms with Crippen molar-refractivity contribution in [3.8, 4) is 11.5 Å². The Hall–Kier alpha value is -2.50. The molecule has 1 atom stereocenters. The number of aromatic hydroxyl groups is 1. The number of hydrogen-bond donors (Lipinski definition) is 1. The number of benzene rings is 1. The molecule has 1 amide bonds. The molecule has 0 radical (unpaired) electrons. The molecule has 0 spiro atoms. The van der Waals surface area contributed by atoms with Crippen molar-refractivity contribution in [2.24, 2.45) is 0 Å². The van der Waals surface area contributed by atoms with Crippen LogP contribution in [-0.4, -0.2) is 37.6 Å². The Labute approximate surface area is 153 Å². The highest BCUT2D eigenvalue weighted by molar-refractivity contribution is 5.86. The van der Waals surface area contributed by atoms with E-state index in [1.807, 2.05) is 45.1 Å². The molecule has 0 saturated heterocycles. The Morgan fingerprint density at radius 2 is 2.00 bits per heavy atom. The van der Waals surface area contributed by atoms with Gasteiger partial charge in [-0.1, -0.05) is 0 Å². The number of carbonyl (C=O) groups excluding carboxylic acids is 1. The molecule has 4 rings (SSSR count). The number of phenols is 1. The number of nitrogens with zero attached hydrogens (tertiary/aromatic N) is 3. The van der Waals surface area contributed by atoms with Gasteiger partial charge in [-0.2, -0.15) is 0 Å². The summed E-state index contributed by atoms with van der Waals surface area (Å²) in [5.41, 5.74) is 3.79. The number of fused-ring (bicyclic) bond motifs is 2. The summed E-state index contributed by atoms with van der Waals surface area (Å²) in [4.78, 5) is 19.3. The van der Waals surface area contributed by atoms with Gasteiger partial charge in [-0.15, -0.1) is 0 Å². The van der Waals surface area contributed by atoms with Crippen molar-refractivity contribution < 1.29 is 14.6 Å². The first-order chi connectivity index (χ1) is 12.3. The second-order valence-electron chi connectivity index (χ2n) is 7.67. The smallest absolute Gasteiger partial charge is 0.266 e. The molecule has 1 aromatic heterocycles. The molecule has 26 heavy (non-hydrogen) atoms. The normalized spacial score (nSPS) is 21.8. The molecule has 0 saturated carbocycles. The quantitative estimate of drug-likeness (QED) is 0.854. The topological polar surface area (TPSA) is 67.6 Å². The van der Waals surface area contributed by atoms with E-state index in [0.717, 1.165) is 46.7 Å². The maximum atomic E-state index is 13.3. The first-order valence-corrected chi connectivity index (χ1v) is 9.11. The summed E-state index contributed by atoms with van der Waals surface area (Å²) in [7, 11) is 0. The largest absolute Gasteiger partial charge is 0.507 e. The molecule has 2 aliphatic heterocycles. The van der Waals surface area contributed by atoms with E-state index in [1.165, 1.54) is 0 Å². The summed E-state index contributed by atoms with van der Waals surface area (Å²) >= 11 is 0. The summed E-state index contributed by atoms with van der Waals surface area (Å²) in [6, 6.07) is 0. The minimum atomic E-state index is -0.879. The highest BCUT2D eigenvalue weighted by Crippen LogP contribution is 2.43. The number of imidazole rings is 1. The third-order valence-electron chi connectivity index (χ3n) is 6.02. The number of ether oxygens (including phenoxy) is 1. The van der Waals surface area contributed by atoms with Gasteiger partial charge in [0.05, 0.1) is 18.6 Å². The fourth-order valence-corrected chi connectivity index (χ4v) is 4.09. The van der Waals surface area contributed by atoms with Crippen molar-refractivity contribution in [3.05, 3.63) is 40.5 Å². The van der Waals surface area contributed by atoms with Gasteiger partial charge in [-0.05, 0) is 50.8 Å². The second kappa shape index (κ2) is 5.76. The predicted octanol–water partition coefficient (Wildman–Crippen LogP) is 2.64. The molecule has 6 heteroatoms. The molecule has 0 unspecified atom stereocenters. The van der Waals surface area contributed by atoms with Crippen molar-refractivity contribution in [2.45, 2.75) is 59.2 Å². The number of aromatic nitrogens is 2. The van der Waals surface area contributed by atoms with Crippen LogP contribution in [0.15, 0.2) is 12.5 Å². The van der Waals surface area contributed by atoms with Crippen molar-refractivity contribution in [3.63, 3.8) is 0 Å². The van der Waals surface area contributed by atoms with Gasteiger partial charge in [0.1, 0.15) is 11.5 Å². The zero-order valence-corrected chi connectivity index (χ0v) is 15.8. The van der Waals surface area contributed by atoms with Crippen LogP contribution >= 0.6 is 0 Å². The van der Waals surface area contributed by atoms with Gasteiger partial charge in [0.15, 0.2) is 5.60 Å². The van der Waals surface area contributed by atoms with Crippen LogP contribution in [0.1, 0.15) is 41.3 Å². The fraction of sp³-hybridized carbons (Fsp3) is 0.500. The van der Waals surface area contributed by atoms with E-state index in [4.69, 9.17) is 4.74 Å². The van der Waals surface area contributed by atoms with Crippen LogP contribution in [0.5, 0.6) is 11.5 Å². The van der Waals surface area contributed by atoms with E-state index in [1.54, 1.807) is 0 Å². The predicted molar refractivity (Wildman–Crippen MR) is 97.3 cm³/mol. The van der Waals surface area contributed by atoms with Crippen molar-refractivity contribution in [2.75, 3.05) is 6.54 Å². The van der Waals surface area contributed by atoms with Gasteiger partial charge >= 0.3 is 0 Å². The third kappa shape index (κ3) is 2.39. The van der Waals surface area contributed by atoms with Gasteiger partial charge in [0, 0.05) is 31.3 Å². The third-order valence-corrected chi connectivity index (χ3v) is 6.02. The Morgan fingerprint density at radius 3 is 2.77 bits per heavy atom. The van der Waals surface area contributed by atoms with E-state index in [9.17, 15) is 9.90 Å². The van der Waals surface area contributed by atoms with Gasteiger partial charge in [-0.3, -0.25) is 4.79 Å². The van der Waals surface area contributed by atoms with Gasteiger partial charge in [-0.25, -0.2) is 4.98 Å². The van der Waals surface area contributed by atoms with Crippen molar-refractivity contribution >= 4 is 5.91 Å². The SMILES string of the molecule is Cc1c(C)c2c(c(C)c1O)CC[C@@](C)(C(=O)N1CCn3cncc3C1)O2. The standard InChI is InChI=1S/C20H25N3O3/c1-12-13(2)18-16(14(3)17(12)24)5-6-20(4,26-18)19(25)22-7-8-23-11-21-9-15(23)10-22/h9,11,24H,5-8,10H2,1-4H3/t20-/m0/s1. The lowest BCUT2D eigenvalue weighted by molar-refractivity contribution is -0.149. The van der Waals surface area contributed by atoms with E-state index < -0.39 is 5.60 Å². The Morgan fingerprint density at radius 1 is 1.23 bits per heavy atom. The zero-order chi connectivity index (χ0) is 18.6. The molecule has 0 bridgehead atoms. The first-order valence-electron chi connectivity index (χ1n) is 9.11. The average molecular weight is 355 g/mol. The van der Waals surface area contributed by atoms with Gasteiger partial charge in [0.2, 0.25) is 0 Å². The molecular weight excluding hydrogens is 330 g/mol. The van der Waals surface area contributed by atoms with Gasteiger partial charge in [0.25, 0.3) is 5.91 Å². The summed E-state index contributed by atoms with van der Waals surface area (Å²) in [6.07, 6.45) is 4.97. The Bertz CT molecular complexity index is 902. The molecule has 0 aliphatic carbocycles. The van der Waals surface area contributed by atoms with Gasteiger partial charge < -0.3 is 19.3 Å². The lowest BCUT2D eigenvalue weighted by atomic mass is 9.86. The second-order valence-corrected chi connectivity index (χ2v) is 7.67. The lowest BCUT2D eigenvalue weighted by Crippen LogP contribution is -2.54. The fourth-order valence-electron chi connectivity index (χ4n) is 4.09. The molecule has 3 heterocycles. The van der Waals surface area contributed by atoms with Crippen molar-refractivity contribution in [1.29, 1.82) is 0 Å². The highest BCUT2D eigenvalue weighted by atomic mass is 16.5. The summed E-state index contributed by atoms with van der Waals surface area (Å²) in [5.74, 6) is 1.13. The van der Waals surface area contributed by atoms with Crippen LogP contribution in [-0.2, 0) is 24.3 Å². The number of amides is 1. The molecule has 138 valence electrons. The van der Waals surface area contributed by atoms with Crippen LogP contribution in [0, 0.1) is 20.8 Å². The summed E-state index contributed by atoms with van der Waals surface area (Å²) < 4.78 is 8.41. The van der Waals surface area contributed by atoms with Crippen LogP contribution < -0.4 is 4.74 Å². The summed E-state index contributed by atoms with van der Waals surface area (Å²) in [6.45, 7) is 9.64. The van der Waals surface area contributed by atoms with Crippen LogP contribution in [0.4, 0.5) is 0 Å². The van der Waals surface area contributed by atoms with Crippen LogP contribution in [0.25, 0.3) is 0 Å². The maximum Gasteiger partial charge on any atom is 0.266 e. The van der Waals surface area contributed by atoms with E-state index in [2.05, 4.69) is 9.55 Å².